The van der Waals surface area contributed by atoms with E-state index in [2.05, 4.69) is 69.3 Å². The molecule has 518 valence electrons. The Bertz CT molecular complexity index is 2370. The Morgan fingerprint density at radius 1 is 0.359 bits per heavy atom. The number of carbonyl (C=O) groups is 5. The molecular formula is C77H120O15. The lowest BCUT2D eigenvalue weighted by Crippen LogP contribution is -2.13. The van der Waals surface area contributed by atoms with Crippen LogP contribution in [0.3, 0.4) is 0 Å². The number of aliphatic hydroxyl groups excluding tert-OH is 1. The van der Waals surface area contributed by atoms with E-state index in [4.69, 9.17) is 47.7 Å². The number of hydrogen-bond donors (Lipinski definition) is 1. The van der Waals surface area contributed by atoms with Gasteiger partial charge in [-0.2, -0.15) is 0 Å². The van der Waals surface area contributed by atoms with Crippen LogP contribution in [0.2, 0.25) is 0 Å². The van der Waals surface area contributed by atoms with Gasteiger partial charge in [-0.15, -0.1) is 0 Å². The van der Waals surface area contributed by atoms with Gasteiger partial charge in [0.25, 0.3) is 0 Å². The van der Waals surface area contributed by atoms with Crippen LogP contribution in [0.25, 0.3) is 0 Å². The highest BCUT2D eigenvalue weighted by Crippen LogP contribution is 2.39. The average molecular weight is 1290 g/mol. The van der Waals surface area contributed by atoms with Gasteiger partial charge >= 0.3 is 29.8 Å². The minimum absolute atomic E-state index is 0.0211. The van der Waals surface area contributed by atoms with Crippen molar-refractivity contribution < 1.29 is 71.7 Å². The number of benzene rings is 3. The molecule has 3 aromatic rings. The molecule has 0 aliphatic heterocycles. The molecule has 0 spiro atoms. The van der Waals surface area contributed by atoms with Crippen LogP contribution >= 0.6 is 0 Å². The van der Waals surface area contributed by atoms with Crippen LogP contribution in [0, 0.1) is 11.8 Å². The van der Waals surface area contributed by atoms with Crippen LogP contribution in [-0.2, 0) is 42.9 Å². The lowest BCUT2D eigenvalue weighted by molar-refractivity contribution is -0.150. The molecular weight excluding hydrogens is 1160 g/mol. The summed E-state index contributed by atoms with van der Waals surface area (Å²) in [6, 6.07) is 22.6. The van der Waals surface area contributed by atoms with E-state index in [1.165, 1.54) is 88.2 Å². The third kappa shape index (κ3) is 36.6. The quantitative estimate of drug-likeness (QED) is 0.0319. The van der Waals surface area contributed by atoms with Gasteiger partial charge in [0.05, 0.1) is 85.1 Å². The van der Waals surface area contributed by atoms with Crippen LogP contribution in [-0.4, -0.2) is 101 Å². The SMILES string of the molecule is CCCC1CCC(c2ccc(OCCCCCCOC(=O)CCC(=O)OCCCCCCOc3ccc(OCC)c(C(=O)OCCCCCCO)c3)cc2)CC1.CCCCCCOC(=O)CCC(=O)OCCCCCCOc1ccc(C2CCC(CCC)CC2)cc1. The summed E-state index contributed by atoms with van der Waals surface area (Å²) in [4.78, 5) is 60.2. The number of aliphatic hydroxyl groups is 1. The Balaban J connectivity index is 0.000000432. The predicted molar refractivity (Wildman–Crippen MR) is 364 cm³/mol. The molecule has 15 heteroatoms. The van der Waals surface area contributed by atoms with Gasteiger partial charge in [-0.05, 0) is 238 Å². The van der Waals surface area contributed by atoms with Gasteiger partial charge in [-0.3, -0.25) is 19.2 Å². The largest absolute Gasteiger partial charge is 0.494 e. The lowest BCUT2D eigenvalue weighted by atomic mass is 9.77. The van der Waals surface area contributed by atoms with E-state index in [1.54, 1.807) is 18.2 Å². The average Bonchev–Trinajstić information content (AvgIpc) is 1.34. The van der Waals surface area contributed by atoms with Crippen LogP contribution in [0.4, 0.5) is 0 Å². The fourth-order valence-corrected chi connectivity index (χ4v) is 12.1. The van der Waals surface area contributed by atoms with Gasteiger partial charge in [-0.25, -0.2) is 4.79 Å². The lowest BCUT2D eigenvalue weighted by Gasteiger charge is -2.28. The maximum Gasteiger partial charge on any atom is 0.342 e. The molecule has 0 heterocycles. The highest BCUT2D eigenvalue weighted by atomic mass is 16.6. The van der Waals surface area contributed by atoms with Gasteiger partial charge in [0.2, 0.25) is 0 Å². The molecule has 0 bridgehead atoms. The maximum atomic E-state index is 12.7. The van der Waals surface area contributed by atoms with E-state index >= 15 is 0 Å². The Kier molecular flexibility index (Phi) is 44.1. The number of unbranched alkanes of at least 4 members (excludes halogenated alkanes) is 15. The van der Waals surface area contributed by atoms with Crippen molar-refractivity contribution in [2.24, 2.45) is 11.8 Å². The first kappa shape index (κ1) is 78.6. The third-order valence-corrected chi connectivity index (χ3v) is 17.6. The highest BCUT2D eigenvalue weighted by Gasteiger charge is 2.24. The van der Waals surface area contributed by atoms with Crippen molar-refractivity contribution in [1.29, 1.82) is 0 Å². The van der Waals surface area contributed by atoms with Gasteiger partial charge in [0, 0.05) is 6.61 Å². The minimum atomic E-state index is -0.443. The standard InChI is InChI=1S/C46H70O10.C31H50O5/c1-3-17-37-18-20-38(21-19-37)39-22-24-40(25-23-39)52-31-12-7-9-14-33-54-44(48)28-29-45(49)55-34-15-10-8-13-32-53-41-26-27-43(51-4-2)42(36-41)46(50)56-35-16-6-5-11-30-47;1-3-5-6-9-24-35-30(32)21-22-31(33)36-25-11-8-7-10-23-34-29-19-17-28(18-20-29)27-15-13-26(12-4-2)14-16-27/h22-27,36-38,47H,3-21,28-35H2,1-2H3;17-20,26-27H,3-16,21-25H2,1-2H3. The second-order valence-corrected chi connectivity index (χ2v) is 25.2. The van der Waals surface area contributed by atoms with Crippen molar-refractivity contribution in [2.45, 2.75) is 271 Å². The van der Waals surface area contributed by atoms with Gasteiger partial charge in [0.15, 0.2) is 0 Å². The summed E-state index contributed by atoms with van der Waals surface area (Å²) < 4.78 is 49.7. The molecule has 2 aliphatic rings. The number of esters is 5. The molecule has 0 saturated heterocycles. The summed E-state index contributed by atoms with van der Waals surface area (Å²) in [6.45, 7) is 12.9. The second kappa shape index (κ2) is 51.6. The summed E-state index contributed by atoms with van der Waals surface area (Å²) in [7, 11) is 0. The van der Waals surface area contributed by atoms with E-state index in [1.807, 2.05) is 6.92 Å². The maximum absolute atomic E-state index is 12.7. The fourth-order valence-electron chi connectivity index (χ4n) is 12.1. The van der Waals surface area contributed by atoms with Crippen LogP contribution in [0.1, 0.15) is 292 Å². The molecule has 1 N–H and O–H groups in total. The molecule has 2 fully saturated rings. The molecule has 0 radical (unpaired) electrons. The summed E-state index contributed by atoms with van der Waals surface area (Å²) in [5.74, 6) is 4.37. The van der Waals surface area contributed by atoms with Crippen molar-refractivity contribution in [3.8, 4) is 23.0 Å². The molecule has 2 aliphatic carbocycles. The van der Waals surface area contributed by atoms with E-state index in [9.17, 15) is 24.0 Å². The molecule has 5 rings (SSSR count). The molecule has 0 unspecified atom stereocenters. The van der Waals surface area contributed by atoms with Crippen molar-refractivity contribution in [3.05, 3.63) is 83.4 Å². The van der Waals surface area contributed by atoms with E-state index in [-0.39, 0.29) is 56.2 Å². The molecule has 0 atom stereocenters. The summed E-state index contributed by atoms with van der Waals surface area (Å²) in [5.41, 5.74) is 3.25. The number of hydrogen-bond acceptors (Lipinski definition) is 15. The highest BCUT2D eigenvalue weighted by molar-refractivity contribution is 5.93. The topological polar surface area (TPSA) is 189 Å². The number of carbonyl (C=O) groups excluding carboxylic acids is 5. The van der Waals surface area contributed by atoms with Crippen molar-refractivity contribution in [3.63, 3.8) is 0 Å². The zero-order valence-electron chi connectivity index (χ0n) is 57.3. The first-order chi connectivity index (χ1) is 45.0. The smallest absolute Gasteiger partial charge is 0.342 e. The van der Waals surface area contributed by atoms with E-state index in [0.717, 1.165) is 158 Å². The zero-order chi connectivity index (χ0) is 65.9. The Morgan fingerprint density at radius 3 is 1.05 bits per heavy atom. The zero-order valence-corrected chi connectivity index (χ0v) is 57.3. The Hall–Kier alpha value is -5.83. The van der Waals surface area contributed by atoms with Crippen LogP contribution in [0.15, 0.2) is 66.7 Å². The number of rotatable bonds is 50. The first-order valence-electron chi connectivity index (χ1n) is 36.3. The third-order valence-electron chi connectivity index (χ3n) is 17.6. The second-order valence-electron chi connectivity index (χ2n) is 25.2. The normalized spacial score (nSPS) is 16.1. The molecule has 3 aromatic carbocycles. The van der Waals surface area contributed by atoms with Crippen LogP contribution in [0.5, 0.6) is 23.0 Å². The molecule has 2 saturated carbocycles. The van der Waals surface area contributed by atoms with Crippen LogP contribution < -0.4 is 18.9 Å². The Labute approximate surface area is 554 Å². The summed E-state index contributed by atoms with van der Waals surface area (Å²) in [5, 5.41) is 8.89. The van der Waals surface area contributed by atoms with Crippen molar-refractivity contribution in [1.82, 2.24) is 0 Å². The number of ether oxygens (including phenoxy) is 9. The van der Waals surface area contributed by atoms with Gasteiger partial charge in [0.1, 0.15) is 28.6 Å². The van der Waals surface area contributed by atoms with E-state index in [0.29, 0.717) is 82.4 Å². The first-order valence-corrected chi connectivity index (χ1v) is 36.3. The summed E-state index contributed by atoms with van der Waals surface area (Å²) in [6.07, 6.45) is 34.8. The fraction of sp³-hybridized carbons (Fsp3) is 0.701. The van der Waals surface area contributed by atoms with Crippen molar-refractivity contribution >= 4 is 29.8 Å². The van der Waals surface area contributed by atoms with Gasteiger partial charge < -0.3 is 47.7 Å². The predicted octanol–water partition coefficient (Wildman–Crippen LogP) is 18.5. The molecule has 92 heavy (non-hydrogen) atoms. The van der Waals surface area contributed by atoms with E-state index < -0.39 is 5.97 Å². The minimum Gasteiger partial charge on any atom is -0.494 e. The monoisotopic (exact) mass is 1280 g/mol. The van der Waals surface area contributed by atoms with Crippen molar-refractivity contribution in [2.75, 3.05) is 66.1 Å². The van der Waals surface area contributed by atoms with Gasteiger partial charge in [-0.1, -0.05) is 96.4 Å². The summed E-state index contributed by atoms with van der Waals surface area (Å²) >= 11 is 0. The Morgan fingerprint density at radius 2 is 0.696 bits per heavy atom. The molecule has 0 amide bonds. The molecule has 15 nitrogen and oxygen atoms in total. The molecule has 0 aromatic heterocycles.